The first-order valence-electron chi connectivity index (χ1n) is 6.00. The largest absolute Gasteiger partial charge is 0.497 e. The molecule has 110 valence electrons. The van der Waals surface area contributed by atoms with Gasteiger partial charge in [0.2, 0.25) is 0 Å². The summed E-state index contributed by atoms with van der Waals surface area (Å²) in [6.07, 6.45) is -1.03. The van der Waals surface area contributed by atoms with E-state index in [1.807, 2.05) is 0 Å². The van der Waals surface area contributed by atoms with Crippen molar-refractivity contribution in [3.05, 3.63) is 46.4 Å². The molecule has 0 aliphatic heterocycles. The number of hydrogen-bond donors (Lipinski definition) is 0. The minimum Gasteiger partial charge on any atom is -0.497 e. The van der Waals surface area contributed by atoms with Crippen molar-refractivity contribution >= 4 is 17.4 Å². The number of nitrogens with zero attached hydrogens (tertiary/aromatic N) is 3. The lowest BCUT2D eigenvalue weighted by Crippen LogP contribution is -2.15. The number of ether oxygens (including phenoxy) is 2. The Hall–Kier alpha value is -2.79. The van der Waals surface area contributed by atoms with Crippen LogP contribution in [-0.4, -0.2) is 18.9 Å². The highest BCUT2D eigenvalue weighted by molar-refractivity contribution is 5.94. The van der Waals surface area contributed by atoms with Crippen LogP contribution in [0.25, 0.3) is 10.4 Å². The fourth-order valence-corrected chi connectivity index (χ4v) is 1.68. The molecule has 1 atom stereocenters. The molecule has 0 saturated carbocycles. The zero-order chi connectivity index (χ0) is 16.0. The molecule has 1 rings (SSSR count). The summed E-state index contributed by atoms with van der Waals surface area (Å²) in [6, 6.07) is 4.64. The van der Waals surface area contributed by atoms with Gasteiger partial charge in [-0.2, -0.15) is 0 Å². The molecule has 0 aromatic heterocycles. The van der Waals surface area contributed by atoms with Crippen LogP contribution in [0.15, 0.2) is 35.5 Å². The maximum Gasteiger partial charge on any atom is 0.303 e. The molecule has 21 heavy (non-hydrogen) atoms. The molecule has 7 heteroatoms. The van der Waals surface area contributed by atoms with E-state index in [-0.39, 0.29) is 17.0 Å². The van der Waals surface area contributed by atoms with E-state index in [2.05, 4.69) is 16.6 Å². The van der Waals surface area contributed by atoms with E-state index in [0.717, 1.165) is 0 Å². The predicted octanol–water partition coefficient (Wildman–Crippen LogP) is 3.39. The standard InChI is InChI=1S/C14H15N3O4/c1-8(9(2)18)14(21-10(3)19)12-7-11(20-4)5-6-13(12)16-17-15/h5-7,14H,1H2,2-4H3. The average Bonchev–Trinajstić information content (AvgIpc) is 2.44. The molecule has 0 spiro atoms. The van der Waals surface area contributed by atoms with Crippen molar-refractivity contribution in [2.45, 2.75) is 20.0 Å². The van der Waals surface area contributed by atoms with Gasteiger partial charge in [0, 0.05) is 28.7 Å². The number of esters is 1. The van der Waals surface area contributed by atoms with Gasteiger partial charge in [0.15, 0.2) is 11.9 Å². The molecule has 0 fully saturated rings. The third-order valence-electron chi connectivity index (χ3n) is 2.72. The van der Waals surface area contributed by atoms with Crippen molar-refractivity contribution in [2.75, 3.05) is 7.11 Å². The lowest BCUT2D eigenvalue weighted by atomic mass is 9.98. The van der Waals surface area contributed by atoms with E-state index in [1.54, 1.807) is 6.07 Å². The van der Waals surface area contributed by atoms with Gasteiger partial charge in [-0.15, -0.1) is 0 Å². The third kappa shape index (κ3) is 4.09. The summed E-state index contributed by atoms with van der Waals surface area (Å²) >= 11 is 0. The van der Waals surface area contributed by atoms with Gasteiger partial charge >= 0.3 is 5.97 Å². The lowest BCUT2D eigenvalue weighted by Gasteiger charge is -2.20. The first-order valence-corrected chi connectivity index (χ1v) is 6.00. The number of carbonyl (C=O) groups excluding carboxylic acids is 2. The molecule has 0 aliphatic rings. The van der Waals surface area contributed by atoms with Crippen LogP contribution in [0.4, 0.5) is 5.69 Å². The Morgan fingerprint density at radius 2 is 2.05 bits per heavy atom. The van der Waals surface area contributed by atoms with E-state index in [0.29, 0.717) is 11.3 Å². The Kier molecular flexibility index (Phi) is 5.51. The Morgan fingerprint density at radius 1 is 1.38 bits per heavy atom. The summed E-state index contributed by atoms with van der Waals surface area (Å²) in [6.45, 7) is 6.17. The van der Waals surface area contributed by atoms with E-state index < -0.39 is 12.1 Å². The molecule has 0 radical (unpaired) electrons. The van der Waals surface area contributed by atoms with Gasteiger partial charge in [-0.05, 0) is 30.7 Å². The fraction of sp³-hybridized carbons (Fsp3) is 0.286. The number of benzene rings is 1. The molecule has 1 unspecified atom stereocenters. The van der Waals surface area contributed by atoms with Crippen LogP contribution in [0, 0.1) is 0 Å². The van der Waals surface area contributed by atoms with Crippen molar-refractivity contribution in [1.82, 2.24) is 0 Å². The molecule has 1 aromatic carbocycles. The van der Waals surface area contributed by atoms with E-state index in [9.17, 15) is 9.59 Å². The second-order valence-electron chi connectivity index (χ2n) is 4.19. The molecule has 1 aromatic rings. The van der Waals surface area contributed by atoms with Crippen LogP contribution in [0.3, 0.4) is 0 Å². The van der Waals surface area contributed by atoms with Gasteiger partial charge in [0.1, 0.15) is 5.75 Å². The molecular formula is C14H15N3O4. The van der Waals surface area contributed by atoms with Crippen LogP contribution in [0.1, 0.15) is 25.5 Å². The maximum absolute atomic E-state index is 11.5. The SMILES string of the molecule is C=C(C(C)=O)C(OC(C)=O)c1cc(OC)ccc1N=[N+]=[N-]. The molecule has 0 saturated heterocycles. The molecular weight excluding hydrogens is 274 g/mol. The second-order valence-corrected chi connectivity index (χ2v) is 4.19. The zero-order valence-corrected chi connectivity index (χ0v) is 12.0. The second kappa shape index (κ2) is 7.12. The average molecular weight is 289 g/mol. The summed E-state index contributed by atoms with van der Waals surface area (Å²) in [5.41, 5.74) is 9.25. The van der Waals surface area contributed by atoms with E-state index >= 15 is 0 Å². The number of rotatable bonds is 6. The fourth-order valence-electron chi connectivity index (χ4n) is 1.68. The minimum absolute atomic E-state index is 0.0767. The quantitative estimate of drug-likeness (QED) is 0.263. The van der Waals surface area contributed by atoms with Gasteiger partial charge in [-0.3, -0.25) is 9.59 Å². The van der Waals surface area contributed by atoms with Crippen LogP contribution >= 0.6 is 0 Å². The summed E-state index contributed by atoms with van der Waals surface area (Å²) in [5.74, 6) is -0.455. The first-order chi connectivity index (χ1) is 9.90. The Labute approximate surface area is 121 Å². The molecule has 0 aliphatic carbocycles. The van der Waals surface area contributed by atoms with Crippen molar-refractivity contribution in [3.63, 3.8) is 0 Å². The number of ketones is 1. The van der Waals surface area contributed by atoms with Crippen LogP contribution in [-0.2, 0) is 14.3 Å². The molecule has 0 heterocycles. The highest BCUT2D eigenvalue weighted by Gasteiger charge is 2.24. The monoisotopic (exact) mass is 289 g/mol. The maximum atomic E-state index is 11.5. The van der Waals surface area contributed by atoms with Crippen molar-refractivity contribution < 1.29 is 19.1 Å². The number of hydrogen-bond acceptors (Lipinski definition) is 5. The molecule has 0 bridgehead atoms. The van der Waals surface area contributed by atoms with Crippen molar-refractivity contribution in [1.29, 1.82) is 0 Å². The molecule has 7 nitrogen and oxygen atoms in total. The van der Waals surface area contributed by atoms with Crippen LogP contribution in [0.2, 0.25) is 0 Å². The highest BCUT2D eigenvalue weighted by Crippen LogP contribution is 2.35. The topological polar surface area (TPSA) is 101 Å². The summed E-state index contributed by atoms with van der Waals surface area (Å²) in [7, 11) is 1.47. The Morgan fingerprint density at radius 3 is 2.52 bits per heavy atom. The summed E-state index contributed by atoms with van der Waals surface area (Å²) in [4.78, 5) is 25.5. The van der Waals surface area contributed by atoms with Crippen LogP contribution < -0.4 is 4.74 Å². The van der Waals surface area contributed by atoms with Crippen molar-refractivity contribution in [2.24, 2.45) is 5.11 Å². The third-order valence-corrected chi connectivity index (χ3v) is 2.72. The summed E-state index contributed by atoms with van der Waals surface area (Å²) < 4.78 is 10.2. The first kappa shape index (κ1) is 16.3. The predicted molar refractivity (Wildman–Crippen MR) is 76.1 cm³/mol. The van der Waals surface area contributed by atoms with Crippen LogP contribution in [0.5, 0.6) is 5.75 Å². The van der Waals surface area contributed by atoms with Gasteiger partial charge in [-0.25, -0.2) is 0 Å². The Balaban J connectivity index is 3.46. The normalized spacial score (nSPS) is 11.0. The van der Waals surface area contributed by atoms with E-state index in [4.69, 9.17) is 15.0 Å². The zero-order valence-electron chi connectivity index (χ0n) is 12.0. The number of carbonyl (C=O) groups is 2. The molecule has 0 N–H and O–H groups in total. The smallest absolute Gasteiger partial charge is 0.303 e. The summed E-state index contributed by atoms with van der Waals surface area (Å²) in [5, 5.41) is 3.53. The minimum atomic E-state index is -1.03. The Bertz CT molecular complexity index is 633. The number of azide groups is 1. The number of methoxy groups -OCH3 is 1. The molecule has 0 amide bonds. The van der Waals surface area contributed by atoms with Gasteiger partial charge < -0.3 is 9.47 Å². The van der Waals surface area contributed by atoms with Gasteiger partial charge in [0.05, 0.1) is 7.11 Å². The van der Waals surface area contributed by atoms with E-state index in [1.165, 1.54) is 33.1 Å². The highest BCUT2D eigenvalue weighted by atomic mass is 16.5. The van der Waals surface area contributed by atoms with Gasteiger partial charge in [-0.1, -0.05) is 11.7 Å². The number of Topliss-reactive ketones (excluding diaryl/α,β-unsaturated/α-hetero) is 1. The lowest BCUT2D eigenvalue weighted by molar-refractivity contribution is -0.145. The van der Waals surface area contributed by atoms with Crippen molar-refractivity contribution in [3.8, 4) is 5.75 Å². The van der Waals surface area contributed by atoms with Gasteiger partial charge in [0.25, 0.3) is 0 Å².